The molecule has 2 unspecified atom stereocenters. The van der Waals surface area contributed by atoms with Crippen LogP contribution < -0.4 is 14.5 Å². The Bertz CT molecular complexity index is 2640. The second-order valence-corrected chi connectivity index (χ2v) is 18.0. The summed E-state index contributed by atoms with van der Waals surface area (Å²) in [5, 5.41) is 13.0. The second kappa shape index (κ2) is 18.8. The molecule has 0 bridgehead atoms. The van der Waals surface area contributed by atoms with Gasteiger partial charge in [-0.15, -0.1) is 0 Å². The minimum absolute atomic E-state index is 0.0341. The third kappa shape index (κ3) is 8.29. The van der Waals surface area contributed by atoms with Gasteiger partial charge >= 0.3 is 6.01 Å². The van der Waals surface area contributed by atoms with Crippen molar-refractivity contribution in [1.29, 1.82) is 5.26 Å². The fourth-order valence-corrected chi connectivity index (χ4v) is 10.8. The molecule has 0 aliphatic carbocycles. The Hall–Kier alpha value is -6.73. The molecule has 5 aromatic carbocycles. The van der Waals surface area contributed by atoms with Crippen LogP contribution in [0.15, 0.2) is 164 Å². The van der Waals surface area contributed by atoms with E-state index >= 15 is 0 Å². The molecule has 4 aliphatic rings. The predicted octanol–water partition coefficient (Wildman–Crippen LogP) is 9.64. The molecule has 2 saturated heterocycles. The molecule has 9 nitrogen and oxygen atoms in total. The van der Waals surface area contributed by atoms with E-state index in [2.05, 4.69) is 202 Å². The van der Waals surface area contributed by atoms with E-state index in [4.69, 9.17) is 14.7 Å². The van der Waals surface area contributed by atoms with E-state index < -0.39 is 5.54 Å². The summed E-state index contributed by atoms with van der Waals surface area (Å²) in [6, 6.07) is 49.1. The summed E-state index contributed by atoms with van der Waals surface area (Å²) >= 11 is 0. The first-order valence-electron chi connectivity index (χ1n) is 23.3. The molecule has 0 spiro atoms. The van der Waals surface area contributed by atoms with Crippen LogP contribution in [0.25, 0.3) is 10.8 Å². The number of nitriles is 1. The van der Waals surface area contributed by atoms with Gasteiger partial charge in [0, 0.05) is 73.3 Å². The highest BCUT2D eigenvalue weighted by molar-refractivity contribution is 5.97. The molecule has 5 heterocycles. The molecule has 0 saturated carbocycles. The number of piperazine rings is 1. The first-order chi connectivity index (χ1) is 32.0. The lowest BCUT2D eigenvalue weighted by Crippen LogP contribution is -2.55. The van der Waals surface area contributed by atoms with Gasteiger partial charge in [0.15, 0.2) is 0 Å². The van der Waals surface area contributed by atoms with Crippen LogP contribution >= 0.6 is 0 Å². The van der Waals surface area contributed by atoms with Crippen molar-refractivity contribution < 1.29 is 4.74 Å². The van der Waals surface area contributed by atoms with Gasteiger partial charge in [-0.2, -0.15) is 15.2 Å². The van der Waals surface area contributed by atoms with Gasteiger partial charge < -0.3 is 24.3 Å². The van der Waals surface area contributed by atoms with Crippen molar-refractivity contribution in [3.05, 3.63) is 197 Å². The highest BCUT2D eigenvalue weighted by Gasteiger charge is 2.43. The average molecular weight is 859 g/mol. The van der Waals surface area contributed by atoms with Crippen LogP contribution in [0, 0.1) is 18.3 Å². The summed E-state index contributed by atoms with van der Waals surface area (Å²) in [6.45, 7) is 8.27. The number of hydrogen-bond donors (Lipinski definition) is 0. The number of aromatic nitrogens is 2. The molecule has 1 aromatic heterocycles. The molecular weight excluding hydrogens is 801 g/mol. The second-order valence-electron chi connectivity index (χ2n) is 18.0. The summed E-state index contributed by atoms with van der Waals surface area (Å²) < 4.78 is 6.55. The molecule has 9 heteroatoms. The number of fused-ring (bicyclic) bond motifs is 2. The number of likely N-dealkylation sites (tertiary alicyclic amines) is 1. The van der Waals surface area contributed by atoms with Crippen LogP contribution in [0.4, 0.5) is 11.5 Å². The number of rotatable bonds is 12. The fraction of sp³-hybridized carbons (Fsp3) is 0.304. The van der Waals surface area contributed by atoms with E-state index in [-0.39, 0.29) is 6.04 Å². The fourth-order valence-electron chi connectivity index (χ4n) is 10.8. The van der Waals surface area contributed by atoms with Gasteiger partial charge in [-0.3, -0.25) is 4.90 Å². The number of hydrogen-bond acceptors (Lipinski definition) is 9. The van der Waals surface area contributed by atoms with Gasteiger partial charge in [0.05, 0.1) is 24.7 Å². The topological polar surface area (TPSA) is 75.0 Å². The van der Waals surface area contributed by atoms with Crippen molar-refractivity contribution in [2.45, 2.75) is 56.8 Å². The lowest BCUT2D eigenvalue weighted by Gasteiger charge is -2.48. The number of allylic oxidation sites excluding steroid dienone is 4. The lowest BCUT2D eigenvalue weighted by molar-refractivity contribution is 0.167. The molecule has 4 aliphatic heterocycles. The summed E-state index contributed by atoms with van der Waals surface area (Å²) in [4.78, 5) is 22.7. The van der Waals surface area contributed by atoms with E-state index in [1.807, 2.05) is 0 Å². The summed E-state index contributed by atoms with van der Waals surface area (Å²) in [5.74, 6) is 0.957. The van der Waals surface area contributed by atoms with Crippen molar-refractivity contribution in [3.8, 4) is 12.1 Å². The van der Waals surface area contributed by atoms with Crippen molar-refractivity contribution in [1.82, 2.24) is 24.7 Å². The summed E-state index contributed by atoms with van der Waals surface area (Å²) in [5.41, 5.74) is 8.74. The van der Waals surface area contributed by atoms with Crippen LogP contribution in [0.3, 0.4) is 0 Å². The molecule has 2 fully saturated rings. The Morgan fingerprint density at radius 2 is 1.45 bits per heavy atom. The number of ether oxygens (including phenoxy) is 1. The lowest BCUT2D eigenvalue weighted by atomic mass is 9.75. The van der Waals surface area contributed by atoms with E-state index in [1.165, 1.54) is 50.7 Å². The Kier molecular flexibility index (Phi) is 12.2. The zero-order chi connectivity index (χ0) is 44.2. The molecule has 65 heavy (non-hydrogen) atoms. The third-order valence-corrected chi connectivity index (χ3v) is 14.1. The minimum Gasteiger partial charge on any atom is -0.462 e. The molecule has 0 amide bonds. The summed E-state index contributed by atoms with van der Waals surface area (Å²) in [7, 11) is 2.18. The number of nitrogens with zero attached hydrogens (tertiary/aromatic N) is 8. The molecule has 328 valence electrons. The quantitative estimate of drug-likeness (QED) is 0.112. The normalized spacial score (nSPS) is 19.2. The smallest absolute Gasteiger partial charge is 0.318 e. The standard InChI is InChI=1S/C56H58N8O/c1-42-18-15-19-43-20-16-29-52(53(42)43)62-35-31-50-51(40-62)58-55(65-41-49-28-17-33-60(49)2)59-54(50)63-37-36-61(47(38-63)30-32-57)39-48-27-13-6-14-34-64(48)56(44-21-7-3-8-22-44,45-23-9-4-10-24-45)46-25-11-5-12-26-46/h3-16,18-27,29,34,47,49H,17,28,30-31,33,35-41H2,1-2H3. The Balaban J connectivity index is 0.980. The molecule has 0 radical (unpaired) electrons. The van der Waals surface area contributed by atoms with Crippen molar-refractivity contribution in [2.24, 2.45) is 0 Å². The minimum atomic E-state index is -0.674. The Morgan fingerprint density at radius 1 is 0.738 bits per heavy atom. The van der Waals surface area contributed by atoms with Crippen molar-refractivity contribution >= 4 is 22.3 Å². The van der Waals surface area contributed by atoms with Gasteiger partial charge in [0.2, 0.25) is 0 Å². The number of anilines is 2. The monoisotopic (exact) mass is 858 g/mol. The van der Waals surface area contributed by atoms with Crippen molar-refractivity contribution in [2.75, 3.05) is 62.7 Å². The number of aryl methyl sites for hydroxylation is 1. The van der Waals surface area contributed by atoms with Gasteiger partial charge in [0.1, 0.15) is 18.0 Å². The molecular formula is C56H58N8O. The molecule has 10 rings (SSSR count). The molecule has 0 N–H and O–H groups in total. The van der Waals surface area contributed by atoms with Gasteiger partial charge in [-0.25, -0.2) is 0 Å². The highest BCUT2D eigenvalue weighted by atomic mass is 16.5. The van der Waals surface area contributed by atoms with Crippen LogP contribution in [-0.4, -0.2) is 89.7 Å². The average Bonchev–Trinajstić information content (AvgIpc) is 3.63. The van der Waals surface area contributed by atoms with E-state index in [0.717, 1.165) is 56.2 Å². The highest BCUT2D eigenvalue weighted by Crippen LogP contribution is 2.45. The van der Waals surface area contributed by atoms with Gasteiger partial charge in [0.25, 0.3) is 0 Å². The molecule has 2 atom stereocenters. The van der Waals surface area contributed by atoms with Crippen molar-refractivity contribution in [3.63, 3.8) is 0 Å². The maximum absolute atomic E-state index is 10.4. The predicted molar refractivity (Wildman–Crippen MR) is 262 cm³/mol. The van der Waals surface area contributed by atoms with Crippen LogP contribution in [0.1, 0.15) is 52.8 Å². The van der Waals surface area contributed by atoms with Crippen LogP contribution in [-0.2, 0) is 18.5 Å². The third-order valence-electron chi connectivity index (χ3n) is 14.1. The Labute approximate surface area is 384 Å². The zero-order valence-electron chi connectivity index (χ0n) is 37.6. The zero-order valence-corrected chi connectivity index (χ0v) is 37.6. The van der Waals surface area contributed by atoms with Crippen LogP contribution in [0.2, 0.25) is 0 Å². The maximum atomic E-state index is 10.4. The van der Waals surface area contributed by atoms with E-state index in [9.17, 15) is 5.26 Å². The largest absolute Gasteiger partial charge is 0.462 e. The molecule has 6 aromatic rings. The van der Waals surface area contributed by atoms with Gasteiger partial charge in [-0.05, 0) is 85.6 Å². The first kappa shape index (κ1) is 42.2. The Morgan fingerprint density at radius 3 is 2.12 bits per heavy atom. The van der Waals surface area contributed by atoms with E-state index in [0.29, 0.717) is 44.7 Å². The maximum Gasteiger partial charge on any atom is 0.318 e. The SMILES string of the molecule is Cc1cccc2cccc(N3CCc4c(nc(OCC5CCCN5C)nc4N4CCN(CC5=CC=CC=CN5C(c5ccccc5)(c5ccccc5)c5ccccc5)C(CC#N)C4)C3)c12. The first-order valence-corrected chi connectivity index (χ1v) is 23.3. The van der Waals surface area contributed by atoms with Crippen LogP contribution in [0.5, 0.6) is 6.01 Å². The van der Waals surface area contributed by atoms with E-state index in [1.54, 1.807) is 0 Å². The number of benzene rings is 5. The number of likely N-dealkylation sites (N-methyl/N-ethyl adjacent to an activating group) is 1. The van der Waals surface area contributed by atoms with Gasteiger partial charge in [-0.1, -0.05) is 133 Å². The summed E-state index contributed by atoms with van der Waals surface area (Å²) in [6.07, 6.45) is 14.4.